The van der Waals surface area contributed by atoms with Crippen LogP contribution in [0.4, 0.5) is 26.3 Å². The number of aromatic nitrogens is 3. The first-order valence-corrected chi connectivity index (χ1v) is 8.60. The SMILES string of the molecule is FC(F)(F)C1(N(C(c2ccccc2)c2nc(Cl)nc(Cl)n2)C2(C(F)(F)F)N=N2)N=N1. The van der Waals surface area contributed by atoms with Crippen molar-refractivity contribution in [2.45, 2.75) is 30.0 Å². The van der Waals surface area contributed by atoms with E-state index in [0.29, 0.717) is 0 Å². The predicted molar refractivity (Wildman–Crippen MR) is 87.3 cm³/mol. The van der Waals surface area contributed by atoms with Crippen LogP contribution in [0.2, 0.25) is 10.6 Å². The molecule has 30 heavy (non-hydrogen) atoms. The molecule has 2 aromatic rings. The number of alkyl halides is 6. The highest BCUT2D eigenvalue weighted by Crippen LogP contribution is 2.61. The zero-order valence-corrected chi connectivity index (χ0v) is 15.6. The third-order valence-corrected chi connectivity index (χ3v) is 4.57. The van der Waals surface area contributed by atoms with Crippen LogP contribution in [-0.2, 0) is 0 Å². The summed E-state index contributed by atoms with van der Waals surface area (Å²) in [5.41, 5.74) is -0.0716. The maximum Gasteiger partial charge on any atom is 0.453 e. The monoisotopic (exact) mass is 470 g/mol. The smallest absolute Gasteiger partial charge is 0.201 e. The average Bonchev–Trinajstić information content (AvgIpc) is 3.51. The molecule has 0 N–H and O–H groups in total. The zero-order valence-electron chi connectivity index (χ0n) is 14.1. The van der Waals surface area contributed by atoms with Gasteiger partial charge >= 0.3 is 23.9 Å². The highest BCUT2D eigenvalue weighted by molar-refractivity contribution is 6.31. The Morgan fingerprint density at radius 1 is 0.733 bits per heavy atom. The Bertz CT molecular complexity index is 973. The molecule has 0 bridgehead atoms. The molecule has 2 aliphatic heterocycles. The first-order chi connectivity index (χ1) is 13.9. The summed E-state index contributed by atoms with van der Waals surface area (Å²) in [6.45, 7) is 0. The van der Waals surface area contributed by atoms with Crippen LogP contribution in [0.5, 0.6) is 0 Å². The van der Waals surface area contributed by atoms with Crippen LogP contribution >= 0.6 is 23.2 Å². The Labute approximate surface area is 172 Å². The zero-order chi connectivity index (χ0) is 21.9. The lowest BCUT2D eigenvalue weighted by atomic mass is 10.0. The topological polar surface area (TPSA) is 91.3 Å². The molecule has 3 heterocycles. The Balaban J connectivity index is 1.98. The van der Waals surface area contributed by atoms with E-state index in [4.69, 9.17) is 23.2 Å². The second kappa shape index (κ2) is 6.52. The van der Waals surface area contributed by atoms with Crippen LogP contribution in [-0.4, -0.2) is 43.8 Å². The first-order valence-electron chi connectivity index (χ1n) is 7.84. The lowest BCUT2D eigenvalue weighted by Gasteiger charge is -2.38. The highest BCUT2D eigenvalue weighted by Gasteiger charge is 2.82. The van der Waals surface area contributed by atoms with Gasteiger partial charge < -0.3 is 0 Å². The molecule has 0 spiro atoms. The van der Waals surface area contributed by atoms with Gasteiger partial charge in [-0.1, -0.05) is 30.3 Å². The summed E-state index contributed by atoms with van der Waals surface area (Å²) >= 11 is 11.4. The third kappa shape index (κ3) is 3.18. The minimum atomic E-state index is -5.34. The molecule has 0 saturated carbocycles. The van der Waals surface area contributed by atoms with Crippen LogP contribution in [0.3, 0.4) is 0 Å². The molecule has 8 nitrogen and oxygen atoms in total. The fourth-order valence-corrected chi connectivity index (χ4v) is 3.25. The number of nitrogens with zero attached hydrogens (tertiary/aromatic N) is 8. The maximum absolute atomic E-state index is 13.9. The molecule has 0 amide bonds. The van der Waals surface area contributed by atoms with Crippen LogP contribution in [0.15, 0.2) is 50.8 Å². The number of hydrogen-bond acceptors (Lipinski definition) is 8. The average molecular weight is 471 g/mol. The Kier molecular flexibility index (Phi) is 4.52. The summed E-state index contributed by atoms with van der Waals surface area (Å²) in [5.74, 6) is -7.77. The fourth-order valence-electron chi connectivity index (χ4n) is 2.88. The second-order valence-electron chi connectivity index (χ2n) is 6.08. The third-order valence-electron chi connectivity index (χ3n) is 4.23. The van der Waals surface area contributed by atoms with Crippen molar-refractivity contribution in [1.82, 2.24) is 19.9 Å². The van der Waals surface area contributed by atoms with Gasteiger partial charge in [-0.3, -0.25) is 0 Å². The van der Waals surface area contributed by atoms with Crippen LogP contribution in [0, 0.1) is 0 Å². The summed E-state index contributed by atoms with van der Waals surface area (Å²) in [6.07, 6.45) is -10.7. The standard InChI is InChI=1S/C14H6Cl2F6N8/c15-9-23-8(24-10(16)25-9)7(6-4-2-1-3-5-6)30(13(26-27-13)11(17,18)19)14(28-29-14)12(20,21)22/h1-5,7H. The second-order valence-corrected chi connectivity index (χ2v) is 6.76. The van der Waals surface area contributed by atoms with E-state index in [1.807, 2.05) is 0 Å². The highest BCUT2D eigenvalue weighted by atomic mass is 35.5. The maximum atomic E-state index is 13.9. The van der Waals surface area contributed by atoms with Crippen LogP contribution < -0.4 is 0 Å². The van der Waals surface area contributed by atoms with E-state index in [-0.39, 0.29) is 10.5 Å². The van der Waals surface area contributed by atoms with E-state index in [2.05, 4.69) is 35.4 Å². The predicted octanol–water partition coefficient (Wildman–Crippen LogP) is 4.93. The Morgan fingerprint density at radius 2 is 1.17 bits per heavy atom. The molecular weight excluding hydrogens is 465 g/mol. The Hall–Kier alpha value is -2.45. The molecule has 0 saturated heterocycles. The van der Waals surface area contributed by atoms with Crippen molar-refractivity contribution in [3.63, 3.8) is 0 Å². The number of rotatable bonds is 5. The van der Waals surface area contributed by atoms with E-state index in [9.17, 15) is 26.3 Å². The van der Waals surface area contributed by atoms with Crippen molar-refractivity contribution in [3.8, 4) is 0 Å². The molecule has 0 fully saturated rings. The van der Waals surface area contributed by atoms with Gasteiger partial charge in [0.1, 0.15) is 6.04 Å². The molecule has 2 aliphatic rings. The van der Waals surface area contributed by atoms with Crippen molar-refractivity contribution >= 4 is 23.2 Å². The lowest BCUT2D eigenvalue weighted by Crippen LogP contribution is -2.62. The van der Waals surface area contributed by atoms with Gasteiger partial charge in [-0.05, 0) is 28.8 Å². The summed E-state index contributed by atoms with van der Waals surface area (Å²) in [6, 6.07) is 4.89. The van der Waals surface area contributed by atoms with Gasteiger partial charge in [0.25, 0.3) is 0 Å². The van der Waals surface area contributed by atoms with Crippen molar-refractivity contribution in [2.75, 3.05) is 0 Å². The molecule has 1 aromatic heterocycles. The van der Waals surface area contributed by atoms with Gasteiger partial charge in [-0.15, -0.1) is 20.5 Å². The molecule has 4 rings (SSSR count). The molecule has 1 aromatic carbocycles. The van der Waals surface area contributed by atoms with Crippen molar-refractivity contribution in [3.05, 3.63) is 52.3 Å². The summed E-state index contributed by atoms with van der Waals surface area (Å²) in [7, 11) is 0. The van der Waals surface area contributed by atoms with Gasteiger partial charge in [0, 0.05) is 0 Å². The Morgan fingerprint density at radius 3 is 1.53 bits per heavy atom. The van der Waals surface area contributed by atoms with Gasteiger partial charge in [0.05, 0.1) is 0 Å². The lowest BCUT2D eigenvalue weighted by molar-refractivity contribution is -0.269. The molecule has 1 unspecified atom stereocenters. The molecule has 16 heteroatoms. The van der Waals surface area contributed by atoms with Gasteiger partial charge in [0.15, 0.2) is 5.82 Å². The number of hydrogen-bond donors (Lipinski definition) is 0. The normalized spacial score (nSPS) is 19.8. The minimum absolute atomic E-state index is 0.0716. The van der Waals surface area contributed by atoms with E-state index >= 15 is 0 Å². The summed E-state index contributed by atoms with van der Waals surface area (Å²) < 4.78 is 83.1. The van der Waals surface area contributed by atoms with Crippen LogP contribution in [0.25, 0.3) is 0 Å². The van der Waals surface area contributed by atoms with Crippen molar-refractivity contribution in [2.24, 2.45) is 20.5 Å². The number of halogens is 8. The van der Waals surface area contributed by atoms with E-state index < -0.39 is 46.4 Å². The van der Waals surface area contributed by atoms with Gasteiger partial charge in [-0.2, -0.15) is 36.2 Å². The molecule has 158 valence electrons. The van der Waals surface area contributed by atoms with Crippen molar-refractivity contribution in [1.29, 1.82) is 0 Å². The summed E-state index contributed by atoms with van der Waals surface area (Å²) in [4.78, 5) is 10.7. The van der Waals surface area contributed by atoms with E-state index in [1.165, 1.54) is 30.3 Å². The summed E-state index contributed by atoms with van der Waals surface area (Å²) in [5, 5.41) is 10.6. The molecule has 0 radical (unpaired) electrons. The molecule has 0 aliphatic carbocycles. The van der Waals surface area contributed by atoms with E-state index in [1.54, 1.807) is 0 Å². The number of benzene rings is 1. The minimum Gasteiger partial charge on any atom is -0.201 e. The first kappa shape index (κ1) is 20.8. The van der Waals surface area contributed by atoms with Crippen LogP contribution in [0.1, 0.15) is 17.4 Å². The molecular formula is C14H6Cl2F6N8. The largest absolute Gasteiger partial charge is 0.453 e. The quantitative estimate of drug-likeness (QED) is 0.579. The van der Waals surface area contributed by atoms with Gasteiger partial charge in [-0.25, -0.2) is 9.97 Å². The van der Waals surface area contributed by atoms with E-state index in [0.717, 1.165) is 0 Å². The van der Waals surface area contributed by atoms with Crippen molar-refractivity contribution < 1.29 is 26.3 Å². The molecule has 1 atom stereocenters. The fraction of sp³-hybridized carbons (Fsp3) is 0.357. The van der Waals surface area contributed by atoms with Gasteiger partial charge in [0.2, 0.25) is 10.6 Å².